The summed E-state index contributed by atoms with van der Waals surface area (Å²) < 4.78 is 0. The zero-order valence-corrected chi connectivity index (χ0v) is 14.1. The summed E-state index contributed by atoms with van der Waals surface area (Å²) in [5.41, 5.74) is 0.505. The summed E-state index contributed by atoms with van der Waals surface area (Å²) in [5, 5.41) is 2.15. The average Bonchev–Trinajstić information content (AvgIpc) is 2.60. The number of carbonyl (C=O) groups is 3. The number of hydrogen-bond donors (Lipinski definition) is 1. The van der Waals surface area contributed by atoms with E-state index in [0.717, 1.165) is 0 Å². The van der Waals surface area contributed by atoms with Gasteiger partial charge in [0.2, 0.25) is 5.12 Å². The van der Waals surface area contributed by atoms with Gasteiger partial charge in [-0.25, -0.2) is 4.79 Å². The summed E-state index contributed by atoms with van der Waals surface area (Å²) in [7, 11) is 0. The lowest BCUT2D eigenvalue weighted by atomic mass is 10.2. The van der Waals surface area contributed by atoms with Crippen molar-refractivity contribution in [1.82, 2.24) is 15.1 Å². The van der Waals surface area contributed by atoms with Crippen LogP contribution < -0.4 is 5.32 Å². The van der Waals surface area contributed by atoms with Gasteiger partial charge in [-0.3, -0.25) is 9.59 Å². The number of thioether (sulfide) groups is 1. The summed E-state index contributed by atoms with van der Waals surface area (Å²) in [6.07, 6.45) is 0. The van der Waals surface area contributed by atoms with Gasteiger partial charge >= 0.3 is 6.03 Å². The van der Waals surface area contributed by atoms with Crippen molar-refractivity contribution in [2.75, 3.05) is 38.6 Å². The Bertz CT molecular complexity index is 562. The smallest absolute Gasteiger partial charge is 0.317 e. The van der Waals surface area contributed by atoms with Crippen LogP contribution in [-0.2, 0) is 0 Å². The van der Waals surface area contributed by atoms with Crippen LogP contribution >= 0.6 is 23.4 Å². The van der Waals surface area contributed by atoms with Gasteiger partial charge in [-0.05, 0) is 0 Å². The molecule has 1 aliphatic heterocycles. The maximum Gasteiger partial charge on any atom is 0.317 e. The number of amides is 3. The van der Waals surface area contributed by atoms with Crippen LogP contribution in [0.3, 0.4) is 0 Å². The summed E-state index contributed by atoms with van der Waals surface area (Å²) in [6, 6.07) is 8.53. The van der Waals surface area contributed by atoms with Crippen LogP contribution in [-0.4, -0.2) is 64.8 Å². The lowest BCUT2D eigenvalue weighted by Gasteiger charge is -2.34. The Kier molecular flexibility index (Phi) is 6.73. The molecule has 1 N–H and O–H groups in total. The molecule has 1 heterocycles. The first-order valence-electron chi connectivity index (χ1n) is 7.26. The van der Waals surface area contributed by atoms with Gasteiger partial charge in [-0.15, -0.1) is 11.6 Å². The number of urea groups is 1. The number of alkyl halides is 1. The molecule has 1 aromatic rings. The number of halogens is 1. The topological polar surface area (TPSA) is 69.7 Å². The first-order valence-corrected chi connectivity index (χ1v) is 8.62. The molecular formula is C15H18ClN3O3S. The molecule has 0 saturated carbocycles. The molecule has 0 spiro atoms. The quantitative estimate of drug-likeness (QED) is 0.844. The molecule has 1 fully saturated rings. The van der Waals surface area contributed by atoms with E-state index < -0.39 is 0 Å². The number of nitrogens with one attached hydrogen (secondary N) is 1. The number of hydrogen-bond acceptors (Lipinski definition) is 4. The highest BCUT2D eigenvalue weighted by molar-refractivity contribution is 8.26. The predicted octanol–water partition coefficient (Wildman–Crippen LogP) is 2.25. The van der Waals surface area contributed by atoms with Crippen molar-refractivity contribution < 1.29 is 14.4 Å². The number of carbonyl (C=O) groups excluding carboxylic acids is 3. The Morgan fingerprint density at radius 3 is 2.26 bits per heavy atom. The average molecular weight is 356 g/mol. The highest BCUT2D eigenvalue weighted by Crippen LogP contribution is 2.17. The molecule has 0 radical (unpaired) electrons. The van der Waals surface area contributed by atoms with E-state index in [1.807, 2.05) is 6.07 Å². The minimum Gasteiger partial charge on any atom is -0.337 e. The molecule has 6 nitrogen and oxygen atoms in total. The van der Waals surface area contributed by atoms with Crippen molar-refractivity contribution in [2.24, 2.45) is 0 Å². The molecule has 3 amide bonds. The van der Waals surface area contributed by atoms with Gasteiger partial charge in [-0.2, -0.15) is 0 Å². The van der Waals surface area contributed by atoms with E-state index >= 15 is 0 Å². The third-order valence-corrected chi connectivity index (χ3v) is 4.43. The minimum absolute atomic E-state index is 0.175. The monoisotopic (exact) mass is 355 g/mol. The summed E-state index contributed by atoms with van der Waals surface area (Å²) >= 11 is 6.22. The second-order valence-electron chi connectivity index (χ2n) is 4.92. The number of benzene rings is 1. The van der Waals surface area contributed by atoms with Gasteiger partial charge in [0.15, 0.2) is 0 Å². The zero-order chi connectivity index (χ0) is 16.7. The molecule has 0 unspecified atom stereocenters. The third kappa shape index (κ3) is 5.14. The Balaban J connectivity index is 1.79. The van der Waals surface area contributed by atoms with Crippen LogP contribution in [0.25, 0.3) is 0 Å². The van der Waals surface area contributed by atoms with Gasteiger partial charge in [0.1, 0.15) is 0 Å². The standard InChI is InChI=1S/C15H18ClN3O3S/c16-6-7-17-14(21)18-8-10-19(11-9-18)15(22)23-13(20)12-4-2-1-3-5-12/h1-5H,6-11H2,(H,17,21). The third-order valence-electron chi connectivity index (χ3n) is 3.39. The highest BCUT2D eigenvalue weighted by atomic mass is 35.5. The van der Waals surface area contributed by atoms with Crippen molar-refractivity contribution in [2.45, 2.75) is 0 Å². The lowest BCUT2D eigenvalue weighted by molar-refractivity contribution is 0.108. The van der Waals surface area contributed by atoms with E-state index in [-0.39, 0.29) is 16.4 Å². The molecule has 2 rings (SSSR count). The van der Waals surface area contributed by atoms with Crippen LogP contribution in [0.2, 0.25) is 0 Å². The molecule has 0 aromatic heterocycles. The van der Waals surface area contributed by atoms with Crippen molar-refractivity contribution in [3.05, 3.63) is 35.9 Å². The van der Waals surface area contributed by atoms with E-state index in [0.29, 0.717) is 55.9 Å². The normalized spacial score (nSPS) is 14.5. The zero-order valence-electron chi connectivity index (χ0n) is 12.5. The second kappa shape index (κ2) is 8.79. The first-order chi connectivity index (χ1) is 11.1. The van der Waals surface area contributed by atoms with Crippen LogP contribution in [0.5, 0.6) is 0 Å². The molecule has 23 heavy (non-hydrogen) atoms. The highest BCUT2D eigenvalue weighted by Gasteiger charge is 2.25. The van der Waals surface area contributed by atoms with Crippen molar-refractivity contribution in [3.63, 3.8) is 0 Å². The molecule has 8 heteroatoms. The lowest BCUT2D eigenvalue weighted by Crippen LogP contribution is -2.52. The van der Waals surface area contributed by atoms with Crippen molar-refractivity contribution in [3.8, 4) is 0 Å². The van der Waals surface area contributed by atoms with Gasteiger partial charge in [0.05, 0.1) is 0 Å². The fourth-order valence-electron chi connectivity index (χ4n) is 2.14. The van der Waals surface area contributed by atoms with E-state index in [1.54, 1.807) is 34.1 Å². The molecular weight excluding hydrogens is 338 g/mol. The molecule has 0 aliphatic carbocycles. The van der Waals surface area contributed by atoms with Crippen molar-refractivity contribution >= 4 is 39.7 Å². The molecule has 1 saturated heterocycles. The van der Waals surface area contributed by atoms with Crippen LogP contribution in [0.4, 0.5) is 9.59 Å². The van der Waals surface area contributed by atoms with Crippen LogP contribution in [0, 0.1) is 0 Å². The molecule has 1 aromatic carbocycles. The Morgan fingerprint density at radius 2 is 1.65 bits per heavy atom. The van der Waals surface area contributed by atoms with E-state index in [9.17, 15) is 14.4 Å². The summed E-state index contributed by atoms with van der Waals surface area (Å²) in [4.78, 5) is 39.2. The van der Waals surface area contributed by atoms with Crippen molar-refractivity contribution in [1.29, 1.82) is 0 Å². The Labute approximate surface area is 144 Å². The van der Waals surface area contributed by atoms with Gasteiger partial charge in [0, 0.05) is 55.9 Å². The molecule has 0 bridgehead atoms. The number of nitrogens with zero attached hydrogens (tertiary/aromatic N) is 2. The number of rotatable bonds is 3. The maximum atomic E-state index is 12.2. The SMILES string of the molecule is O=C(SC(=O)N1CCN(C(=O)NCCCl)CC1)c1ccccc1. The second-order valence-corrected chi connectivity index (χ2v) is 6.22. The van der Waals surface area contributed by atoms with Gasteiger partial charge in [-0.1, -0.05) is 30.3 Å². The Morgan fingerprint density at radius 1 is 1.04 bits per heavy atom. The predicted molar refractivity (Wildman–Crippen MR) is 91.0 cm³/mol. The number of piperazine rings is 1. The van der Waals surface area contributed by atoms with Crippen LogP contribution in [0.1, 0.15) is 10.4 Å². The molecule has 124 valence electrons. The van der Waals surface area contributed by atoms with E-state index in [2.05, 4.69) is 5.32 Å². The largest absolute Gasteiger partial charge is 0.337 e. The summed E-state index contributed by atoms with van der Waals surface area (Å²) in [5.74, 6) is 0.364. The Hall–Kier alpha value is -1.73. The van der Waals surface area contributed by atoms with Gasteiger partial charge in [0.25, 0.3) is 5.24 Å². The fourth-order valence-corrected chi connectivity index (χ4v) is 2.95. The van der Waals surface area contributed by atoms with E-state index in [4.69, 9.17) is 11.6 Å². The maximum absolute atomic E-state index is 12.2. The van der Waals surface area contributed by atoms with E-state index in [1.165, 1.54) is 0 Å². The first kappa shape index (κ1) is 17.6. The van der Waals surface area contributed by atoms with Crippen LogP contribution in [0.15, 0.2) is 30.3 Å². The summed E-state index contributed by atoms with van der Waals surface area (Å²) in [6.45, 7) is 2.14. The fraction of sp³-hybridized carbons (Fsp3) is 0.400. The molecule has 0 atom stereocenters. The van der Waals surface area contributed by atoms with Gasteiger partial charge < -0.3 is 15.1 Å². The molecule has 1 aliphatic rings. The minimum atomic E-state index is -0.278.